The van der Waals surface area contributed by atoms with Crippen LogP contribution in [-0.2, 0) is 6.18 Å². The lowest BCUT2D eigenvalue weighted by atomic mass is 10.1. The van der Waals surface area contributed by atoms with Gasteiger partial charge in [-0.05, 0) is 25.9 Å². The number of nitrogens with two attached hydrogens (primary N) is 1. The van der Waals surface area contributed by atoms with Crippen molar-refractivity contribution in [1.29, 1.82) is 0 Å². The van der Waals surface area contributed by atoms with Gasteiger partial charge in [-0.2, -0.15) is 13.2 Å². The summed E-state index contributed by atoms with van der Waals surface area (Å²) < 4.78 is 37.9. The number of likely N-dealkylation sites (N-methyl/N-ethyl adjacent to an activating group) is 1. The van der Waals surface area contributed by atoms with Crippen LogP contribution in [0.1, 0.15) is 25.6 Å². The number of nitrogen functional groups attached to an aromatic ring is 1. The smallest absolute Gasteiger partial charge is 0.384 e. The van der Waals surface area contributed by atoms with E-state index in [0.29, 0.717) is 0 Å². The molecule has 5 nitrogen and oxygen atoms in total. The molecule has 1 aromatic rings. The van der Waals surface area contributed by atoms with Gasteiger partial charge in [-0.1, -0.05) is 6.92 Å². The molecule has 0 aromatic carbocycles. The highest BCUT2D eigenvalue weighted by molar-refractivity contribution is 5.45. The van der Waals surface area contributed by atoms with Crippen molar-refractivity contribution in [2.45, 2.75) is 32.0 Å². The molecule has 1 atom stereocenters. The number of likely N-dealkylation sites (tertiary alicyclic amines) is 1. The van der Waals surface area contributed by atoms with Crippen molar-refractivity contribution in [3.8, 4) is 0 Å². The van der Waals surface area contributed by atoms with Gasteiger partial charge in [0.05, 0.1) is 0 Å². The number of alkyl halides is 3. The second-order valence-corrected chi connectivity index (χ2v) is 4.88. The maximum atomic E-state index is 12.6. The highest BCUT2D eigenvalue weighted by Crippen LogP contribution is 2.28. The second-order valence-electron chi connectivity index (χ2n) is 4.88. The molecule has 20 heavy (non-hydrogen) atoms. The molecule has 0 radical (unpaired) electrons. The zero-order chi connectivity index (χ0) is 14.8. The van der Waals surface area contributed by atoms with Crippen molar-refractivity contribution in [3.63, 3.8) is 0 Å². The second kappa shape index (κ2) is 5.82. The zero-order valence-corrected chi connectivity index (χ0v) is 11.2. The molecular weight excluding hydrogens is 271 g/mol. The molecule has 112 valence electrons. The monoisotopic (exact) mass is 289 g/mol. The highest BCUT2D eigenvalue weighted by atomic mass is 19.4. The van der Waals surface area contributed by atoms with Crippen LogP contribution in [0.5, 0.6) is 0 Å². The minimum absolute atomic E-state index is 0.0825. The quantitative estimate of drug-likeness (QED) is 0.890. The SMILES string of the molecule is CCN1CCCC(Nc2cc(N)nc(C(F)(F)F)n2)C1. The molecule has 1 aliphatic heterocycles. The molecular formula is C12H18F3N5. The first-order chi connectivity index (χ1) is 9.38. The first-order valence-corrected chi connectivity index (χ1v) is 6.59. The first-order valence-electron chi connectivity index (χ1n) is 6.59. The van der Waals surface area contributed by atoms with Gasteiger partial charge in [0.2, 0.25) is 5.82 Å². The Labute approximate surface area is 115 Å². The molecule has 8 heteroatoms. The van der Waals surface area contributed by atoms with E-state index in [4.69, 9.17) is 5.73 Å². The number of hydrogen-bond donors (Lipinski definition) is 2. The Kier molecular flexibility index (Phi) is 4.32. The third-order valence-corrected chi connectivity index (χ3v) is 3.30. The van der Waals surface area contributed by atoms with E-state index >= 15 is 0 Å². The Bertz CT molecular complexity index is 463. The summed E-state index contributed by atoms with van der Waals surface area (Å²) in [5.41, 5.74) is 5.41. The van der Waals surface area contributed by atoms with Gasteiger partial charge in [0, 0.05) is 18.7 Å². The zero-order valence-electron chi connectivity index (χ0n) is 11.2. The molecule has 1 fully saturated rings. The lowest BCUT2D eigenvalue weighted by Gasteiger charge is -2.32. The van der Waals surface area contributed by atoms with Gasteiger partial charge in [0.15, 0.2) is 0 Å². The lowest BCUT2D eigenvalue weighted by Crippen LogP contribution is -2.42. The maximum Gasteiger partial charge on any atom is 0.451 e. The predicted molar refractivity (Wildman–Crippen MR) is 70.2 cm³/mol. The standard InChI is InChI=1S/C12H18F3N5/c1-2-20-5-3-4-8(7-20)17-10-6-9(16)18-11(19-10)12(13,14)15/h6,8H,2-5,7H2,1H3,(H3,16,17,18,19). The van der Waals surface area contributed by atoms with Crippen molar-refractivity contribution < 1.29 is 13.2 Å². The predicted octanol–water partition coefficient (Wildman–Crippen LogP) is 1.97. The van der Waals surface area contributed by atoms with Crippen LogP contribution >= 0.6 is 0 Å². The summed E-state index contributed by atoms with van der Waals surface area (Å²) in [4.78, 5) is 8.97. The van der Waals surface area contributed by atoms with Crippen LogP contribution in [0.15, 0.2) is 6.07 Å². The van der Waals surface area contributed by atoms with Gasteiger partial charge in [-0.3, -0.25) is 0 Å². The van der Waals surface area contributed by atoms with Gasteiger partial charge < -0.3 is 16.0 Å². The number of nitrogens with one attached hydrogen (secondary N) is 1. The lowest BCUT2D eigenvalue weighted by molar-refractivity contribution is -0.144. The summed E-state index contributed by atoms with van der Waals surface area (Å²) in [6, 6.07) is 1.42. The summed E-state index contributed by atoms with van der Waals surface area (Å²) in [5, 5.41) is 3.03. The van der Waals surface area contributed by atoms with Crippen LogP contribution in [0.4, 0.5) is 24.8 Å². The molecule has 3 N–H and O–H groups in total. The molecule has 2 heterocycles. The molecule has 1 aliphatic rings. The topological polar surface area (TPSA) is 67.1 Å². The molecule has 0 aliphatic carbocycles. The van der Waals surface area contributed by atoms with Gasteiger partial charge in [0.25, 0.3) is 0 Å². The van der Waals surface area contributed by atoms with Crippen molar-refractivity contribution in [2.24, 2.45) is 0 Å². The van der Waals surface area contributed by atoms with Crippen molar-refractivity contribution in [3.05, 3.63) is 11.9 Å². The van der Waals surface area contributed by atoms with Crippen LogP contribution in [0.3, 0.4) is 0 Å². The minimum Gasteiger partial charge on any atom is -0.384 e. The number of halogens is 3. The summed E-state index contributed by atoms with van der Waals surface area (Å²) in [5.74, 6) is -1.26. The minimum atomic E-state index is -4.59. The molecule has 0 bridgehead atoms. The molecule has 1 unspecified atom stereocenters. The van der Waals surface area contributed by atoms with Crippen molar-refractivity contribution in [1.82, 2.24) is 14.9 Å². The fourth-order valence-corrected chi connectivity index (χ4v) is 2.34. The molecule has 1 saturated heterocycles. The fourth-order valence-electron chi connectivity index (χ4n) is 2.34. The average Bonchev–Trinajstić information content (AvgIpc) is 2.37. The summed E-state index contributed by atoms with van der Waals surface area (Å²) >= 11 is 0. The van der Waals surface area contributed by atoms with Crippen LogP contribution in [0.2, 0.25) is 0 Å². The molecule has 0 saturated carbocycles. The van der Waals surface area contributed by atoms with Crippen molar-refractivity contribution in [2.75, 3.05) is 30.7 Å². The Morgan fingerprint density at radius 2 is 2.20 bits per heavy atom. The largest absolute Gasteiger partial charge is 0.451 e. The molecule has 0 spiro atoms. The van der Waals surface area contributed by atoms with E-state index < -0.39 is 12.0 Å². The maximum absolute atomic E-state index is 12.6. The van der Waals surface area contributed by atoms with Gasteiger partial charge in [-0.25, -0.2) is 9.97 Å². The van der Waals surface area contributed by atoms with Crippen LogP contribution < -0.4 is 11.1 Å². The molecule has 0 amide bonds. The number of nitrogens with zero attached hydrogens (tertiary/aromatic N) is 3. The molecule has 1 aromatic heterocycles. The van der Waals surface area contributed by atoms with Gasteiger partial charge in [0.1, 0.15) is 11.6 Å². The van der Waals surface area contributed by atoms with Crippen molar-refractivity contribution >= 4 is 11.6 Å². The Morgan fingerprint density at radius 1 is 1.45 bits per heavy atom. The van der Waals surface area contributed by atoms with Gasteiger partial charge in [-0.15, -0.1) is 0 Å². The normalized spacial score (nSPS) is 20.9. The van der Waals surface area contributed by atoms with E-state index in [0.717, 1.165) is 32.5 Å². The van der Waals surface area contributed by atoms with E-state index in [1.807, 2.05) is 0 Å². The van der Waals surface area contributed by atoms with Crippen LogP contribution in [-0.4, -0.2) is 40.5 Å². The van der Waals surface area contributed by atoms with E-state index in [9.17, 15) is 13.2 Å². The summed E-state index contributed by atoms with van der Waals surface area (Å²) in [6.07, 6.45) is -2.67. The third-order valence-electron chi connectivity index (χ3n) is 3.30. The summed E-state index contributed by atoms with van der Waals surface area (Å²) in [6.45, 7) is 4.81. The van der Waals surface area contributed by atoms with E-state index in [-0.39, 0.29) is 17.7 Å². The Hall–Kier alpha value is -1.57. The van der Waals surface area contributed by atoms with E-state index in [1.165, 1.54) is 6.07 Å². The van der Waals surface area contributed by atoms with Crippen LogP contribution in [0, 0.1) is 0 Å². The Balaban J connectivity index is 2.11. The van der Waals surface area contributed by atoms with Gasteiger partial charge >= 0.3 is 6.18 Å². The average molecular weight is 289 g/mol. The Morgan fingerprint density at radius 3 is 2.85 bits per heavy atom. The fraction of sp³-hybridized carbons (Fsp3) is 0.667. The first kappa shape index (κ1) is 14.8. The highest BCUT2D eigenvalue weighted by Gasteiger charge is 2.35. The number of aromatic nitrogens is 2. The molecule has 2 rings (SSSR count). The number of rotatable bonds is 3. The number of hydrogen-bond acceptors (Lipinski definition) is 5. The van der Waals surface area contributed by atoms with E-state index in [2.05, 4.69) is 27.1 Å². The van der Waals surface area contributed by atoms with E-state index in [1.54, 1.807) is 0 Å². The third kappa shape index (κ3) is 3.72. The number of piperidine rings is 1. The van der Waals surface area contributed by atoms with Crippen LogP contribution in [0.25, 0.3) is 0 Å². The summed E-state index contributed by atoms with van der Waals surface area (Å²) in [7, 11) is 0. The number of anilines is 2.